The van der Waals surface area contributed by atoms with Crippen molar-refractivity contribution in [3.05, 3.63) is 11.6 Å². The number of rotatable bonds is 7. The van der Waals surface area contributed by atoms with Crippen LogP contribution in [0.2, 0.25) is 0 Å². The van der Waals surface area contributed by atoms with Crippen molar-refractivity contribution in [3.63, 3.8) is 0 Å². The number of likely N-dealkylation sites (tertiary alicyclic amines) is 1. The predicted octanol–water partition coefficient (Wildman–Crippen LogP) is 1.21. The van der Waals surface area contributed by atoms with Crippen LogP contribution < -0.4 is 0 Å². The molecule has 156 valence electrons. The summed E-state index contributed by atoms with van der Waals surface area (Å²) in [5.74, 6) is -2.09. The quantitative estimate of drug-likeness (QED) is 0.398. The Labute approximate surface area is 166 Å². The Morgan fingerprint density at radius 2 is 1.96 bits per heavy atom. The van der Waals surface area contributed by atoms with Gasteiger partial charge in [0.2, 0.25) is 11.8 Å². The molecule has 4 aliphatic rings. The van der Waals surface area contributed by atoms with Gasteiger partial charge in [-0.25, -0.2) is 0 Å². The predicted molar refractivity (Wildman–Crippen MR) is 103 cm³/mol. The van der Waals surface area contributed by atoms with E-state index in [4.69, 9.17) is 4.74 Å². The molecule has 0 spiro atoms. The van der Waals surface area contributed by atoms with Gasteiger partial charge in [0.05, 0.1) is 24.5 Å². The summed E-state index contributed by atoms with van der Waals surface area (Å²) >= 11 is 0. The Bertz CT molecular complexity index is 701. The van der Waals surface area contributed by atoms with E-state index in [1.54, 1.807) is 0 Å². The van der Waals surface area contributed by atoms with Crippen LogP contribution in [0.4, 0.5) is 0 Å². The van der Waals surface area contributed by atoms with Crippen LogP contribution in [0, 0.1) is 23.7 Å². The number of fused-ring (bicyclic) bond motifs is 1. The molecule has 0 aromatic rings. The second-order valence-electron chi connectivity index (χ2n) is 8.57. The highest BCUT2D eigenvalue weighted by molar-refractivity contribution is 6.07. The third-order valence-electron chi connectivity index (χ3n) is 6.70. The topological polar surface area (TPSA) is 87.2 Å². The number of β-amino-alcohol motifs (C(OH)–C–C–N with tert-alkyl or cyclic N) is 1. The number of allylic oxidation sites excluding steroid dienone is 1. The maximum absolute atomic E-state index is 13.3. The van der Waals surface area contributed by atoms with E-state index in [9.17, 15) is 19.5 Å². The SMILES string of the molecule is CCN(CC)CC(O)CN1C(=O)C2C3C(C)=CC(OC(C)=O)(CC3C)C2C1=O. The highest BCUT2D eigenvalue weighted by Gasteiger charge is 2.67. The van der Waals surface area contributed by atoms with Gasteiger partial charge in [-0.2, -0.15) is 0 Å². The fourth-order valence-corrected chi connectivity index (χ4v) is 5.73. The first-order valence-corrected chi connectivity index (χ1v) is 10.3. The van der Waals surface area contributed by atoms with Gasteiger partial charge in [-0.05, 0) is 44.3 Å². The molecule has 0 aromatic carbocycles. The van der Waals surface area contributed by atoms with E-state index in [0.29, 0.717) is 13.0 Å². The molecular weight excluding hydrogens is 360 g/mol. The largest absolute Gasteiger partial charge is 0.454 e. The summed E-state index contributed by atoms with van der Waals surface area (Å²) in [6, 6.07) is 0. The van der Waals surface area contributed by atoms with Gasteiger partial charge < -0.3 is 14.7 Å². The summed E-state index contributed by atoms with van der Waals surface area (Å²) in [6.07, 6.45) is 1.63. The fraction of sp³-hybridized carbons (Fsp3) is 0.762. The second kappa shape index (κ2) is 7.59. The first kappa shape index (κ1) is 21.0. The number of amides is 2. The van der Waals surface area contributed by atoms with Crippen molar-refractivity contribution in [3.8, 4) is 0 Å². The number of carbonyl (C=O) groups excluding carboxylic acids is 3. The number of ether oxygens (including phenoxy) is 1. The normalized spacial score (nSPS) is 35.2. The second-order valence-corrected chi connectivity index (χ2v) is 8.57. The van der Waals surface area contributed by atoms with Gasteiger partial charge in [-0.15, -0.1) is 0 Å². The molecule has 2 amide bonds. The molecule has 3 aliphatic carbocycles. The van der Waals surface area contributed by atoms with Crippen molar-refractivity contribution in [2.45, 2.75) is 52.7 Å². The summed E-state index contributed by atoms with van der Waals surface area (Å²) in [6.45, 7) is 11.3. The molecule has 7 heteroatoms. The van der Waals surface area contributed by atoms with Gasteiger partial charge >= 0.3 is 5.97 Å². The average Bonchev–Trinajstić information content (AvgIpc) is 2.84. The minimum atomic E-state index is -1.06. The molecule has 0 radical (unpaired) electrons. The molecule has 28 heavy (non-hydrogen) atoms. The highest BCUT2D eigenvalue weighted by Crippen LogP contribution is 2.58. The zero-order chi connectivity index (χ0) is 20.8. The zero-order valence-electron chi connectivity index (χ0n) is 17.5. The monoisotopic (exact) mass is 392 g/mol. The van der Waals surface area contributed by atoms with Gasteiger partial charge in [-0.1, -0.05) is 26.3 Å². The third kappa shape index (κ3) is 3.28. The van der Waals surface area contributed by atoms with Gasteiger partial charge in [0.25, 0.3) is 0 Å². The van der Waals surface area contributed by atoms with E-state index in [1.807, 2.05) is 33.8 Å². The molecule has 6 atom stereocenters. The number of hydrogen-bond donors (Lipinski definition) is 1. The van der Waals surface area contributed by atoms with Crippen LogP contribution in [0.5, 0.6) is 0 Å². The first-order chi connectivity index (χ1) is 13.1. The van der Waals surface area contributed by atoms with Crippen LogP contribution in [0.1, 0.15) is 41.0 Å². The molecule has 2 fully saturated rings. The number of carbonyl (C=O) groups is 3. The summed E-state index contributed by atoms with van der Waals surface area (Å²) in [5, 5.41) is 10.5. The maximum Gasteiger partial charge on any atom is 0.303 e. The lowest BCUT2D eigenvalue weighted by Crippen LogP contribution is -2.57. The van der Waals surface area contributed by atoms with Gasteiger partial charge in [0, 0.05) is 13.5 Å². The minimum Gasteiger partial charge on any atom is -0.454 e. The number of aliphatic hydroxyl groups is 1. The fourth-order valence-electron chi connectivity index (χ4n) is 5.73. The molecule has 1 saturated carbocycles. The smallest absolute Gasteiger partial charge is 0.303 e. The Balaban J connectivity index is 1.88. The van der Waals surface area contributed by atoms with Crippen LogP contribution in [0.25, 0.3) is 0 Å². The van der Waals surface area contributed by atoms with Crippen LogP contribution in [0.15, 0.2) is 11.6 Å². The Morgan fingerprint density at radius 3 is 2.50 bits per heavy atom. The van der Waals surface area contributed by atoms with Crippen molar-refractivity contribution < 1.29 is 24.2 Å². The molecule has 4 rings (SSSR count). The highest BCUT2D eigenvalue weighted by atomic mass is 16.6. The number of hydrogen-bond acceptors (Lipinski definition) is 6. The summed E-state index contributed by atoms with van der Waals surface area (Å²) < 4.78 is 5.71. The Kier molecular flexibility index (Phi) is 5.69. The van der Waals surface area contributed by atoms with Crippen LogP contribution in [0.3, 0.4) is 0 Å². The average molecular weight is 392 g/mol. The van der Waals surface area contributed by atoms with E-state index >= 15 is 0 Å². The molecule has 6 unspecified atom stereocenters. The van der Waals surface area contributed by atoms with E-state index < -0.39 is 29.5 Å². The summed E-state index contributed by atoms with van der Waals surface area (Å²) in [5.41, 5.74) is -0.0481. The molecular formula is C21H32N2O5. The van der Waals surface area contributed by atoms with Crippen LogP contribution in [-0.2, 0) is 19.1 Å². The number of likely N-dealkylation sites (N-methyl/N-ethyl adjacent to an activating group) is 1. The van der Waals surface area contributed by atoms with E-state index in [1.165, 1.54) is 11.8 Å². The third-order valence-corrected chi connectivity index (χ3v) is 6.70. The van der Waals surface area contributed by atoms with Crippen LogP contribution in [-0.4, -0.2) is 70.6 Å². The lowest BCUT2D eigenvalue weighted by Gasteiger charge is -2.52. The van der Waals surface area contributed by atoms with Crippen molar-refractivity contribution >= 4 is 17.8 Å². The number of imide groups is 1. The molecule has 1 aliphatic heterocycles. The minimum absolute atomic E-state index is 0.0164. The van der Waals surface area contributed by atoms with Gasteiger partial charge in [-0.3, -0.25) is 19.3 Å². The number of esters is 1. The van der Waals surface area contributed by atoms with Crippen molar-refractivity contribution in [1.82, 2.24) is 9.80 Å². The lowest BCUT2D eigenvalue weighted by atomic mass is 9.54. The number of nitrogens with zero attached hydrogens (tertiary/aromatic N) is 2. The molecule has 1 saturated heterocycles. The number of aliphatic hydroxyl groups excluding tert-OH is 1. The molecule has 1 N–H and O–H groups in total. The lowest BCUT2D eigenvalue weighted by molar-refractivity contribution is -0.173. The standard InChI is InChI=1S/C21H32N2O5/c1-6-22(7-2)10-15(25)11-23-19(26)17-16-12(3)8-21(9-13(16)4,28-14(5)24)18(17)20(23)27/h8,13,15-18,25H,6-7,9-11H2,1-5H3. The molecule has 2 bridgehead atoms. The van der Waals surface area contributed by atoms with Crippen LogP contribution >= 0.6 is 0 Å². The Hall–Kier alpha value is -1.73. The van der Waals surface area contributed by atoms with Gasteiger partial charge in [0.15, 0.2) is 0 Å². The molecule has 7 nitrogen and oxygen atoms in total. The van der Waals surface area contributed by atoms with Crippen molar-refractivity contribution in [2.24, 2.45) is 23.7 Å². The van der Waals surface area contributed by atoms with E-state index in [2.05, 4.69) is 4.90 Å². The Morgan fingerprint density at radius 1 is 1.32 bits per heavy atom. The van der Waals surface area contributed by atoms with Gasteiger partial charge in [0.1, 0.15) is 5.60 Å². The molecule has 1 heterocycles. The molecule has 0 aromatic heterocycles. The summed E-state index contributed by atoms with van der Waals surface area (Å²) in [7, 11) is 0. The van der Waals surface area contributed by atoms with Crippen molar-refractivity contribution in [2.75, 3.05) is 26.2 Å². The summed E-state index contributed by atoms with van der Waals surface area (Å²) in [4.78, 5) is 41.6. The van der Waals surface area contributed by atoms with E-state index in [0.717, 1.165) is 18.7 Å². The van der Waals surface area contributed by atoms with Crippen molar-refractivity contribution in [1.29, 1.82) is 0 Å². The first-order valence-electron chi connectivity index (χ1n) is 10.3. The zero-order valence-corrected chi connectivity index (χ0v) is 17.5. The van der Waals surface area contributed by atoms with E-state index in [-0.39, 0.29) is 30.2 Å². The maximum atomic E-state index is 13.3.